The van der Waals surface area contributed by atoms with E-state index in [2.05, 4.69) is 0 Å². The van der Waals surface area contributed by atoms with E-state index >= 15 is 0 Å². The molecule has 0 fully saturated rings. The van der Waals surface area contributed by atoms with Gasteiger partial charge in [-0.2, -0.15) is 0 Å². The Bertz CT molecular complexity index is 541. The molecule has 0 saturated carbocycles. The average Bonchev–Trinajstić information content (AvgIpc) is 2.28. The molecule has 96 valence electrons. The van der Waals surface area contributed by atoms with Crippen molar-refractivity contribution in [3.63, 3.8) is 0 Å². The second-order valence-corrected chi connectivity index (χ2v) is 5.08. The third-order valence-corrected chi connectivity index (χ3v) is 2.80. The van der Waals surface area contributed by atoms with Gasteiger partial charge in [-0.1, -0.05) is 24.3 Å². The van der Waals surface area contributed by atoms with Gasteiger partial charge in [0.15, 0.2) is 11.5 Å². The molecule has 2 aromatic rings. The summed E-state index contributed by atoms with van der Waals surface area (Å²) in [5.41, 5.74) is -0.757. The zero-order valence-corrected chi connectivity index (χ0v) is 10.7. The Labute approximate surface area is 107 Å². The fraction of sp³-hybridized carbons (Fsp3) is 0.333. The Balaban J connectivity index is 2.15. The molecule has 0 radical (unpaired) electrons. The third-order valence-electron chi connectivity index (χ3n) is 2.80. The Morgan fingerprint density at radius 3 is 2.33 bits per heavy atom. The SMILES string of the molecule is CC(C)(O)CCOc1cc2ccccc2cc1O. The van der Waals surface area contributed by atoms with Gasteiger partial charge in [-0.3, -0.25) is 0 Å². The van der Waals surface area contributed by atoms with Crippen LogP contribution in [0.4, 0.5) is 0 Å². The predicted molar refractivity (Wildman–Crippen MR) is 72.0 cm³/mol. The first-order valence-electron chi connectivity index (χ1n) is 6.03. The van der Waals surface area contributed by atoms with Crippen molar-refractivity contribution in [1.82, 2.24) is 0 Å². The molecule has 0 aliphatic heterocycles. The first-order valence-corrected chi connectivity index (χ1v) is 6.03. The van der Waals surface area contributed by atoms with Crippen molar-refractivity contribution >= 4 is 10.8 Å². The number of hydrogen-bond donors (Lipinski definition) is 2. The maximum atomic E-state index is 9.85. The molecular weight excluding hydrogens is 228 g/mol. The average molecular weight is 246 g/mol. The van der Waals surface area contributed by atoms with Crippen LogP contribution >= 0.6 is 0 Å². The zero-order valence-electron chi connectivity index (χ0n) is 10.7. The van der Waals surface area contributed by atoms with E-state index in [0.717, 1.165) is 10.8 Å². The van der Waals surface area contributed by atoms with Crippen LogP contribution in [-0.4, -0.2) is 22.4 Å². The lowest BCUT2D eigenvalue weighted by Crippen LogP contribution is -2.21. The number of benzene rings is 2. The number of rotatable bonds is 4. The van der Waals surface area contributed by atoms with Gasteiger partial charge in [-0.05, 0) is 36.8 Å². The number of aliphatic hydroxyl groups is 1. The lowest BCUT2D eigenvalue weighted by molar-refractivity contribution is 0.0549. The smallest absolute Gasteiger partial charge is 0.161 e. The molecule has 2 aromatic carbocycles. The summed E-state index contributed by atoms with van der Waals surface area (Å²) >= 11 is 0. The van der Waals surface area contributed by atoms with Gasteiger partial charge < -0.3 is 14.9 Å². The van der Waals surface area contributed by atoms with Crippen molar-refractivity contribution < 1.29 is 14.9 Å². The third kappa shape index (κ3) is 3.14. The van der Waals surface area contributed by atoms with Gasteiger partial charge >= 0.3 is 0 Å². The first kappa shape index (κ1) is 12.7. The van der Waals surface area contributed by atoms with Gasteiger partial charge in [0.1, 0.15) is 0 Å². The van der Waals surface area contributed by atoms with Crippen molar-refractivity contribution in [2.24, 2.45) is 0 Å². The molecule has 2 rings (SSSR count). The summed E-state index contributed by atoms with van der Waals surface area (Å²) in [6, 6.07) is 11.3. The largest absolute Gasteiger partial charge is 0.504 e. The van der Waals surface area contributed by atoms with Crippen molar-refractivity contribution in [1.29, 1.82) is 0 Å². The summed E-state index contributed by atoms with van der Waals surface area (Å²) in [6.45, 7) is 3.84. The van der Waals surface area contributed by atoms with Crippen LogP contribution in [0.15, 0.2) is 36.4 Å². The fourth-order valence-corrected chi connectivity index (χ4v) is 1.73. The highest BCUT2D eigenvalue weighted by Gasteiger charge is 2.13. The molecule has 2 N–H and O–H groups in total. The maximum Gasteiger partial charge on any atom is 0.161 e. The Morgan fingerprint density at radius 2 is 1.72 bits per heavy atom. The maximum absolute atomic E-state index is 9.85. The van der Waals surface area contributed by atoms with E-state index in [0.29, 0.717) is 18.8 Å². The highest BCUT2D eigenvalue weighted by Crippen LogP contribution is 2.31. The topological polar surface area (TPSA) is 49.7 Å². The van der Waals surface area contributed by atoms with Crippen molar-refractivity contribution in [3.05, 3.63) is 36.4 Å². The molecule has 0 aliphatic carbocycles. The quantitative estimate of drug-likeness (QED) is 0.871. The molecule has 0 atom stereocenters. The Hall–Kier alpha value is -1.74. The number of fused-ring (bicyclic) bond motifs is 1. The first-order chi connectivity index (χ1) is 8.46. The normalized spacial score (nSPS) is 11.7. The van der Waals surface area contributed by atoms with E-state index in [9.17, 15) is 10.2 Å². The summed E-state index contributed by atoms with van der Waals surface area (Å²) in [4.78, 5) is 0. The highest BCUT2D eigenvalue weighted by molar-refractivity contribution is 5.85. The molecular formula is C15H18O3. The van der Waals surface area contributed by atoms with Gasteiger partial charge in [0.25, 0.3) is 0 Å². The monoisotopic (exact) mass is 246 g/mol. The standard InChI is InChI=1S/C15H18O3/c1-15(2,17)7-8-18-14-10-12-6-4-3-5-11(12)9-13(14)16/h3-6,9-10,16-17H,7-8H2,1-2H3. The molecule has 0 bridgehead atoms. The molecule has 3 nitrogen and oxygen atoms in total. The molecule has 0 amide bonds. The number of hydrogen-bond acceptors (Lipinski definition) is 3. The molecule has 0 aromatic heterocycles. The van der Waals surface area contributed by atoms with Crippen LogP contribution in [0.3, 0.4) is 0 Å². The number of phenols is 1. The number of ether oxygens (including phenoxy) is 1. The van der Waals surface area contributed by atoms with Crippen molar-refractivity contribution in [2.45, 2.75) is 25.9 Å². The van der Waals surface area contributed by atoms with Crippen LogP contribution < -0.4 is 4.74 Å². The minimum atomic E-state index is -0.757. The van der Waals surface area contributed by atoms with Crippen molar-refractivity contribution in [2.75, 3.05) is 6.61 Å². The summed E-state index contributed by atoms with van der Waals surface area (Å²) in [5, 5.41) is 21.4. The summed E-state index contributed by atoms with van der Waals surface area (Å²) in [5.74, 6) is 0.586. The van der Waals surface area contributed by atoms with Gasteiger partial charge in [-0.25, -0.2) is 0 Å². The molecule has 0 heterocycles. The zero-order chi connectivity index (χ0) is 13.2. The molecule has 0 saturated heterocycles. The van der Waals surface area contributed by atoms with Crippen LogP contribution in [0.2, 0.25) is 0 Å². The van der Waals surface area contributed by atoms with Crippen LogP contribution in [-0.2, 0) is 0 Å². The van der Waals surface area contributed by atoms with Crippen LogP contribution in [0.25, 0.3) is 10.8 Å². The molecule has 0 unspecified atom stereocenters. The van der Waals surface area contributed by atoms with Gasteiger partial charge in [-0.15, -0.1) is 0 Å². The second kappa shape index (κ2) is 4.86. The van der Waals surface area contributed by atoms with E-state index in [1.54, 1.807) is 19.9 Å². The Morgan fingerprint density at radius 1 is 1.11 bits per heavy atom. The van der Waals surface area contributed by atoms with E-state index in [4.69, 9.17) is 4.74 Å². The highest BCUT2D eigenvalue weighted by atomic mass is 16.5. The van der Waals surface area contributed by atoms with Gasteiger partial charge in [0.2, 0.25) is 0 Å². The summed E-state index contributed by atoms with van der Waals surface area (Å²) in [6.07, 6.45) is 0.513. The molecule has 18 heavy (non-hydrogen) atoms. The lowest BCUT2D eigenvalue weighted by Gasteiger charge is -2.17. The van der Waals surface area contributed by atoms with E-state index in [1.807, 2.05) is 30.3 Å². The molecule has 0 spiro atoms. The van der Waals surface area contributed by atoms with Crippen LogP contribution in [0.1, 0.15) is 20.3 Å². The van der Waals surface area contributed by atoms with Crippen LogP contribution in [0.5, 0.6) is 11.5 Å². The summed E-state index contributed by atoms with van der Waals surface area (Å²) < 4.78 is 5.51. The van der Waals surface area contributed by atoms with E-state index < -0.39 is 5.60 Å². The minimum Gasteiger partial charge on any atom is -0.504 e. The van der Waals surface area contributed by atoms with Crippen molar-refractivity contribution in [3.8, 4) is 11.5 Å². The van der Waals surface area contributed by atoms with Gasteiger partial charge in [0, 0.05) is 6.42 Å². The lowest BCUT2D eigenvalue weighted by atomic mass is 10.1. The molecule has 0 aliphatic rings. The van der Waals surface area contributed by atoms with E-state index in [1.165, 1.54) is 0 Å². The Kier molecular flexibility index (Phi) is 3.43. The molecule has 3 heteroatoms. The second-order valence-electron chi connectivity index (χ2n) is 5.08. The summed E-state index contributed by atoms with van der Waals surface area (Å²) in [7, 11) is 0. The minimum absolute atomic E-state index is 0.129. The van der Waals surface area contributed by atoms with E-state index in [-0.39, 0.29) is 5.75 Å². The number of aromatic hydroxyl groups is 1. The number of phenolic OH excluding ortho intramolecular Hbond substituents is 1. The van der Waals surface area contributed by atoms with Crippen LogP contribution in [0, 0.1) is 0 Å². The van der Waals surface area contributed by atoms with Gasteiger partial charge in [0.05, 0.1) is 12.2 Å². The fourth-order valence-electron chi connectivity index (χ4n) is 1.73. The predicted octanol–water partition coefficient (Wildman–Crippen LogP) is 3.09.